The molecule has 12 heteroatoms. The molecule has 0 bridgehead atoms. The second kappa shape index (κ2) is 7.24. The van der Waals surface area contributed by atoms with E-state index in [-0.39, 0.29) is 17.1 Å². The Morgan fingerprint density at radius 1 is 1.44 bits per heavy atom. The number of benzene rings is 1. The summed E-state index contributed by atoms with van der Waals surface area (Å²) < 4.78 is 40.1. The number of H-pyrrole nitrogens is 1. The quantitative estimate of drug-likeness (QED) is 0.620. The standard InChI is InChI=1S/C13H15FN8O2S/c1-16-25(23,24)12-5-10(11(22(2)3)4-9(12)14)17-7-8(6-15)13-18-20-21-19-13/h4-5,7,16-17H,1-3H3,(H,18,19,20,21). The summed E-state index contributed by atoms with van der Waals surface area (Å²) in [5.41, 5.74) is 0.714. The van der Waals surface area contributed by atoms with E-state index >= 15 is 0 Å². The van der Waals surface area contributed by atoms with Crippen molar-refractivity contribution < 1.29 is 12.8 Å². The summed E-state index contributed by atoms with van der Waals surface area (Å²) in [6.45, 7) is 0. The molecule has 2 aromatic rings. The van der Waals surface area contributed by atoms with E-state index in [1.54, 1.807) is 19.0 Å². The van der Waals surface area contributed by atoms with Crippen molar-refractivity contribution in [2.75, 3.05) is 31.4 Å². The van der Waals surface area contributed by atoms with Crippen LogP contribution in [-0.2, 0) is 10.0 Å². The van der Waals surface area contributed by atoms with Gasteiger partial charge in [-0.25, -0.2) is 17.5 Å². The topological polar surface area (TPSA) is 140 Å². The van der Waals surface area contributed by atoms with Crippen LogP contribution in [0.4, 0.5) is 15.8 Å². The molecule has 0 aliphatic heterocycles. The van der Waals surface area contributed by atoms with Gasteiger partial charge in [-0.05, 0) is 18.3 Å². The number of sulfonamides is 1. The Kier molecular flexibility index (Phi) is 5.30. The predicted octanol–water partition coefficient (Wildman–Crippen LogP) is 0.289. The average molecular weight is 366 g/mol. The smallest absolute Gasteiger partial charge is 0.243 e. The Hall–Kier alpha value is -3.04. The summed E-state index contributed by atoms with van der Waals surface area (Å²) in [6.07, 6.45) is 1.28. The van der Waals surface area contributed by atoms with Gasteiger partial charge in [0.1, 0.15) is 22.4 Å². The molecule has 0 amide bonds. The van der Waals surface area contributed by atoms with Gasteiger partial charge < -0.3 is 10.2 Å². The monoisotopic (exact) mass is 366 g/mol. The van der Waals surface area contributed by atoms with Gasteiger partial charge in [-0.1, -0.05) is 0 Å². The van der Waals surface area contributed by atoms with E-state index < -0.39 is 20.7 Å². The zero-order valence-electron chi connectivity index (χ0n) is 13.6. The van der Waals surface area contributed by atoms with E-state index in [0.717, 1.165) is 12.1 Å². The maximum Gasteiger partial charge on any atom is 0.243 e. The Labute approximate surface area is 143 Å². The number of nitriles is 1. The third kappa shape index (κ3) is 3.90. The minimum absolute atomic E-state index is 0.0563. The van der Waals surface area contributed by atoms with Crippen molar-refractivity contribution in [2.24, 2.45) is 0 Å². The Morgan fingerprint density at radius 2 is 2.16 bits per heavy atom. The van der Waals surface area contributed by atoms with E-state index in [2.05, 4.69) is 30.7 Å². The highest BCUT2D eigenvalue weighted by atomic mass is 32.2. The molecule has 0 saturated carbocycles. The molecule has 0 saturated heterocycles. The van der Waals surface area contributed by atoms with Crippen molar-refractivity contribution in [3.8, 4) is 6.07 Å². The summed E-state index contributed by atoms with van der Waals surface area (Å²) in [5, 5.41) is 24.9. The summed E-state index contributed by atoms with van der Waals surface area (Å²) in [4.78, 5) is 1.07. The minimum atomic E-state index is -3.99. The van der Waals surface area contributed by atoms with Crippen molar-refractivity contribution in [1.82, 2.24) is 25.3 Å². The number of anilines is 2. The van der Waals surface area contributed by atoms with Crippen LogP contribution in [0.5, 0.6) is 0 Å². The van der Waals surface area contributed by atoms with Crippen LogP contribution in [0.15, 0.2) is 23.2 Å². The van der Waals surface area contributed by atoms with E-state index in [1.165, 1.54) is 13.2 Å². The third-order valence-electron chi connectivity index (χ3n) is 3.17. The highest BCUT2D eigenvalue weighted by Crippen LogP contribution is 2.30. The molecule has 2 rings (SSSR count). The summed E-state index contributed by atoms with van der Waals surface area (Å²) in [6, 6.07) is 4.11. The number of nitrogens with zero attached hydrogens (tertiary/aromatic N) is 5. The first kappa shape index (κ1) is 18.3. The molecule has 1 heterocycles. The van der Waals surface area contributed by atoms with Crippen LogP contribution in [0.25, 0.3) is 5.57 Å². The van der Waals surface area contributed by atoms with Crippen molar-refractivity contribution >= 4 is 27.0 Å². The predicted molar refractivity (Wildman–Crippen MR) is 88.4 cm³/mol. The van der Waals surface area contributed by atoms with Gasteiger partial charge in [0.15, 0.2) is 0 Å². The lowest BCUT2D eigenvalue weighted by Crippen LogP contribution is -2.21. The fraction of sp³-hybridized carbons (Fsp3) is 0.231. The molecular weight excluding hydrogens is 351 g/mol. The Balaban J connectivity index is 2.52. The maximum atomic E-state index is 14.2. The third-order valence-corrected chi connectivity index (χ3v) is 4.60. The van der Waals surface area contributed by atoms with Crippen LogP contribution in [0.1, 0.15) is 5.82 Å². The number of hydrogen-bond donors (Lipinski definition) is 3. The SMILES string of the molecule is CNS(=O)(=O)c1cc(NC=C(C#N)c2nn[nH]n2)c(N(C)C)cc1F. The molecule has 132 valence electrons. The molecule has 1 aromatic heterocycles. The molecule has 0 fully saturated rings. The molecule has 0 atom stereocenters. The van der Waals surface area contributed by atoms with Crippen LogP contribution < -0.4 is 14.9 Å². The first-order valence-electron chi connectivity index (χ1n) is 6.85. The number of aromatic amines is 1. The van der Waals surface area contributed by atoms with Gasteiger partial charge in [-0.15, -0.1) is 10.2 Å². The zero-order valence-corrected chi connectivity index (χ0v) is 14.4. The number of tetrazole rings is 1. The molecule has 1 aromatic carbocycles. The highest BCUT2D eigenvalue weighted by Gasteiger charge is 2.21. The molecule has 3 N–H and O–H groups in total. The zero-order chi connectivity index (χ0) is 18.6. The number of hydrogen-bond acceptors (Lipinski definition) is 8. The fourth-order valence-electron chi connectivity index (χ4n) is 1.92. The lowest BCUT2D eigenvalue weighted by atomic mass is 10.2. The van der Waals surface area contributed by atoms with Crippen molar-refractivity contribution in [1.29, 1.82) is 5.26 Å². The van der Waals surface area contributed by atoms with Crippen LogP contribution in [0.3, 0.4) is 0 Å². The molecule has 0 aliphatic carbocycles. The Bertz CT molecular complexity index is 932. The first-order chi connectivity index (χ1) is 11.8. The normalized spacial score (nSPS) is 11.9. The van der Waals surface area contributed by atoms with Gasteiger partial charge >= 0.3 is 0 Å². The van der Waals surface area contributed by atoms with Gasteiger partial charge in [0.25, 0.3) is 0 Å². The number of allylic oxidation sites excluding steroid dienone is 1. The van der Waals surface area contributed by atoms with Crippen molar-refractivity contribution in [3.63, 3.8) is 0 Å². The first-order valence-corrected chi connectivity index (χ1v) is 8.33. The summed E-state index contributed by atoms with van der Waals surface area (Å²) >= 11 is 0. The number of nitrogens with one attached hydrogen (secondary N) is 3. The molecule has 10 nitrogen and oxygen atoms in total. The number of aromatic nitrogens is 4. The second-order valence-electron chi connectivity index (χ2n) is 4.95. The molecule has 25 heavy (non-hydrogen) atoms. The van der Waals surface area contributed by atoms with Crippen LogP contribution in [-0.4, -0.2) is 50.2 Å². The minimum Gasteiger partial charge on any atom is -0.376 e. The van der Waals surface area contributed by atoms with Crippen LogP contribution >= 0.6 is 0 Å². The molecule has 0 radical (unpaired) electrons. The number of halogens is 1. The van der Waals surface area contributed by atoms with Crippen LogP contribution in [0.2, 0.25) is 0 Å². The van der Waals surface area contributed by atoms with Gasteiger partial charge in [0, 0.05) is 26.4 Å². The average Bonchev–Trinajstić information content (AvgIpc) is 3.10. The van der Waals surface area contributed by atoms with Gasteiger partial charge in [-0.2, -0.15) is 10.5 Å². The Morgan fingerprint density at radius 3 is 2.68 bits per heavy atom. The summed E-state index contributed by atoms with van der Waals surface area (Å²) in [5.74, 6) is -0.835. The van der Waals surface area contributed by atoms with Crippen LogP contribution in [0, 0.1) is 17.1 Å². The highest BCUT2D eigenvalue weighted by molar-refractivity contribution is 7.89. The molecule has 0 aliphatic rings. The summed E-state index contributed by atoms with van der Waals surface area (Å²) in [7, 11) is 0.530. The van der Waals surface area contributed by atoms with E-state index in [1.807, 2.05) is 6.07 Å². The largest absolute Gasteiger partial charge is 0.376 e. The van der Waals surface area contributed by atoms with Gasteiger partial charge in [0.2, 0.25) is 15.8 Å². The van der Waals surface area contributed by atoms with Gasteiger partial charge in [0.05, 0.1) is 11.4 Å². The van der Waals surface area contributed by atoms with E-state index in [4.69, 9.17) is 5.26 Å². The van der Waals surface area contributed by atoms with Crippen molar-refractivity contribution in [2.45, 2.75) is 4.90 Å². The maximum absolute atomic E-state index is 14.2. The fourth-order valence-corrected chi connectivity index (χ4v) is 2.73. The second-order valence-corrected chi connectivity index (χ2v) is 6.81. The molecular formula is C13H15FN8O2S. The molecule has 0 spiro atoms. The van der Waals surface area contributed by atoms with E-state index in [0.29, 0.717) is 5.69 Å². The number of rotatable bonds is 6. The molecule has 0 unspecified atom stereocenters. The lowest BCUT2D eigenvalue weighted by molar-refractivity contribution is 0.561. The van der Waals surface area contributed by atoms with Gasteiger partial charge in [-0.3, -0.25) is 0 Å². The van der Waals surface area contributed by atoms with Crippen molar-refractivity contribution in [3.05, 3.63) is 30.0 Å². The van der Waals surface area contributed by atoms with E-state index in [9.17, 15) is 12.8 Å². The lowest BCUT2D eigenvalue weighted by Gasteiger charge is -2.19.